The van der Waals surface area contributed by atoms with E-state index in [1.807, 2.05) is 42.7 Å². The monoisotopic (exact) mass is 360 g/mol. The number of nitrogens with one attached hydrogen (secondary N) is 1. The molecule has 1 aromatic heterocycles. The van der Waals surface area contributed by atoms with Crippen LogP contribution in [0, 0.1) is 0 Å². The Balaban J connectivity index is 2.23. The summed E-state index contributed by atoms with van der Waals surface area (Å²) in [6, 6.07) is 7.65. The second-order valence-corrected chi connectivity index (χ2v) is 6.79. The van der Waals surface area contributed by atoms with Gasteiger partial charge >= 0.3 is 0 Å². The number of allylic oxidation sites excluding steroid dienone is 1. The molecule has 0 unspecified atom stereocenters. The van der Waals surface area contributed by atoms with Crippen LogP contribution in [0.5, 0.6) is 5.75 Å². The molecule has 1 atom stereocenters. The van der Waals surface area contributed by atoms with Gasteiger partial charge < -0.3 is 10.1 Å². The largest absolute Gasteiger partial charge is 0.497 e. The Bertz CT molecular complexity index is 712. The molecule has 7 heteroatoms. The number of aromatic nitrogens is 3. The minimum Gasteiger partial charge on any atom is -0.497 e. The Morgan fingerprint density at radius 3 is 2.72 bits per heavy atom. The zero-order chi connectivity index (χ0) is 18.2. The SMILES string of the molecule is C=CCn1c(S[C@H](C)C(=O)NCCC)nnc1-c1ccc(OC)cc1. The molecule has 1 heterocycles. The first kappa shape index (κ1) is 19.1. The van der Waals surface area contributed by atoms with E-state index < -0.39 is 0 Å². The highest BCUT2D eigenvalue weighted by molar-refractivity contribution is 8.00. The van der Waals surface area contributed by atoms with Crippen LogP contribution in [0.3, 0.4) is 0 Å². The molecule has 0 saturated carbocycles. The first-order valence-corrected chi connectivity index (χ1v) is 9.11. The quantitative estimate of drug-likeness (QED) is 0.549. The lowest BCUT2D eigenvalue weighted by molar-refractivity contribution is -0.120. The summed E-state index contributed by atoms with van der Waals surface area (Å²) in [5.74, 6) is 1.53. The lowest BCUT2D eigenvalue weighted by atomic mass is 10.2. The Morgan fingerprint density at radius 2 is 2.12 bits per heavy atom. The van der Waals surface area contributed by atoms with Gasteiger partial charge in [-0.25, -0.2) is 0 Å². The smallest absolute Gasteiger partial charge is 0.233 e. The van der Waals surface area contributed by atoms with Crippen molar-refractivity contribution >= 4 is 17.7 Å². The molecule has 0 saturated heterocycles. The van der Waals surface area contributed by atoms with Gasteiger partial charge in [0.25, 0.3) is 0 Å². The molecule has 6 nitrogen and oxygen atoms in total. The molecule has 2 aromatic rings. The highest BCUT2D eigenvalue weighted by Gasteiger charge is 2.20. The van der Waals surface area contributed by atoms with Crippen LogP contribution in [0.15, 0.2) is 42.1 Å². The molecule has 1 amide bonds. The van der Waals surface area contributed by atoms with Gasteiger partial charge in [0.2, 0.25) is 5.91 Å². The number of thioether (sulfide) groups is 1. The van der Waals surface area contributed by atoms with Crippen LogP contribution in [0.25, 0.3) is 11.4 Å². The summed E-state index contributed by atoms with van der Waals surface area (Å²) in [6.45, 7) is 8.96. The fraction of sp³-hybridized carbons (Fsp3) is 0.389. The van der Waals surface area contributed by atoms with Crippen molar-refractivity contribution in [2.24, 2.45) is 0 Å². The van der Waals surface area contributed by atoms with Crippen LogP contribution in [0.2, 0.25) is 0 Å². The highest BCUT2D eigenvalue weighted by Crippen LogP contribution is 2.28. The van der Waals surface area contributed by atoms with Gasteiger partial charge in [-0.15, -0.1) is 16.8 Å². The summed E-state index contributed by atoms with van der Waals surface area (Å²) < 4.78 is 7.15. The van der Waals surface area contributed by atoms with E-state index in [1.165, 1.54) is 11.8 Å². The van der Waals surface area contributed by atoms with Gasteiger partial charge in [0.1, 0.15) is 5.75 Å². The fourth-order valence-corrected chi connectivity index (χ4v) is 3.11. The molecule has 0 fully saturated rings. The number of ether oxygens (including phenoxy) is 1. The third-order valence-electron chi connectivity index (χ3n) is 3.58. The van der Waals surface area contributed by atoms with Gasteiger partial charge in [-0.2, -0.15) is 0 Å². The van der Waals surface area contributed by atoms with Crippen molar-refractivity contribution in [1.82, 2.24) is 20.1 Å². The van der Waals surface area contributed by atoms with Crippen molar-refractivity contribution in [3.05, 3.63) is 36.9 Å². The van der Waals surface area contributed by atoms with Crippen LogP contribution < -0.4 is 10.1 Å². The van der Waals surface area contributed by atoms with Gasteiger partial charge in [0.05, 0.1) is 12.4 Å². The van der Waals surface area contributed by atoms with Crippen LogP contribution in [-0.4, -0.2) is 39.6 Å². The first-order valence-electron chi connectivity index (χ1n) is 8.23. The summed E-state index contributed by atoms with van der Waals surface area (Å²) in [4.78, 5) is 12.1. The Morgan fingerprint density at radius 1 is 1.40 bits per heavy atom. The van der Waals surface area contributed by atoms with Gasteiger partial charge in [-0.3, -0.25) is 9.36 Å². The van der Waals surface area contributed by atoms with Crippen LogP contribution in [-0.2, 0) is 11.3 Å². The van der Waals surface area contributed by atoms with Crippen LogP contribution in [0.4, 0.5) is 0 Å². The molecule has 1 aromatic carbocycles. The minimum absolute atomic E-state index is 0.00556. The van der Waals surface area contributed by atoms with Crippen LogP contribution >= 0.6 is 11.8 Å². The predicted molar refractivity (Wildman–Crippen MR) is 101 cm³/mol. The average Bonchev–Trinajstić information content (AvgIpc) is 3.02. The predicted octanol–water partition coefficient (Wildman–Crippen LogP) is 3.15. The third kappa shape index (κ3) is 4.85. The standard InChI is InChI=1S/C18H24N4O2S/c1-5-11-19-17(23)13(3)25-18-21-20-16(22(18)12-6-2)14-7-9-15(24-4)10-8-14/h6-10,13H,2,5,11-12H2,1,3-4H3,(H,19,23)/t13-/m1/s1. The number of amides is 1. The zero-order valence-corrected chi connectivity index (χ0v) is 15.7. The zero-order valence-electron chi connectivity index (χ0n) is 14.9. The summed E-state index contributed by atoms with van der Waals surface area (Å²) in [6.07, 6.45) is 2.71. The molecule has 2 rings (SSSR count). The number of rotatable bonds is 9. The third-order valence-corrected chi connectivity index (χ3v) is 4.66. The number of hydrogen-bond donors (Lipinski definition) is 1. The molecule has 0 aliphatic rings. The molecule has 134 valence electrons. The van der Waals surface area contributed by atoms with E-state index in [0.717, 1.165) is 23.6 Å². The normalized spacial score (nSPS) is 11.8. The second-order valence-electron chi connectivity index (χ2n) is 5.49. The van der Waals surface area contributed by atoms with Crippen molar-refractivity contribution in [3.63, 3.8) is 0 Å². The van der Waals surface area contributed by atoms with E-state index in [1.54, 1.807) is 13.2 Å². The molecule has 0 aliphatic carbocycles. The van der Waals surface area contributed by atoms with E-state index >= 15 is 0 Å². The Hall–Kier alpha value is -2.28. The molecular weight excluding hydrogens is 336 g/mol. The molecule has 0 spiro atoms. The molecular formula is C18H24N4O2S. The van der Waals surface area contributed by atoms with Gasteiger partial charge in [-0.1, -0.05) is 24.8 Å². The van der Waals surface area contributed by atoms with Gasteiger partial charge in [0, 0.05) is 18.7 Å². The van der Waals surface area contributed by atoms with Gasteiger partial charge in [0.15, 0.2) is 11.0 Å². The number of carbonyl (C=O) groups is 1. The summed E-state index contributed by atoms with van der Waals surface area (Å²) in [5.41, 5.74) is 0.935. The van der Waals surface area contributed by atoms with E-state index in [-0.39, 0.29) is 11.2 Å². The number of nitrogens with zero attached hydrogens (tertiary/aromatic N) is 3. The second kappa shape index (κ2) is 9.27. The molecule has 0 radical (unpaired) electrons. The van der Waals surface area contributed by atoms with Gasteiger partial charge in [-0.05, 0) is 37.6 Å². The van der Waals surface area contributed by atoms with Crippen molar-refractivity contribution in [2.75, 3.05) is 13.7 Å². The lowest BCUT2D eigenvalue weighted by Crippen LogP contribution is -2.31. The summed E-state index contributed by atoms with van der Waals surface area (Å²) in [7, 11) is 1.63. The van der Waals surface area contributed by atoms with E-state index in [2.05, 4.69) is 22.1 Å². The Kier molecular flexibility index (Phi) is 7.06. The minimum atomic E-state index is -0.247. The number of carbonyl (C=O) groups excluding carboxylic acids is 1. The molecule has 1 N–H and O–H groups in total. The maximum atomic E-state index is 12.1. The van der Waals surface area contributed by atoms with Crippen molar-refractivity contribution in [2.45, 2.75) is 37.2 Å². The average molecular weight is 360 g/mol. The van der Waals surface area contributed by atoms with Crippen molar-refractivity contribution in [1.29, 1.82) is 0 Å². The number of methoxy groups -OCH3 is 1. The summed E-state index contributed by atoms with van der Waals surface area (Å²) >= 11 is 1.40. The number of benzene rings is 1. The summed E-state index contributed by atoms with van der Waals surface area (Å²) in [5, 5.41) is 11.9. The first-order chi connectivity index (χ1) is 12.1. The van der Waals surface area contributed by atoms with Crippen LogP contribution in [0.1, 0.15) is 20.3 Å². The van der Waals surface area contributed by atoms with Crippen molar-refractivity contribution in [3.8, 4) is 17.1 Å². The number of hydrogen-bond acceptors (Lipinski definition) is 5. The topological polar surface area (TPSA) is 69.0 Å². The Labute approximate surface area is 152 Å². The molecule has 0 aliphatic heterocycles. The maximum absolute atomic E-state index is 12.1. The lowest BCUT2D eigenvalue weighted by Gasteiger charge is -2.12. The molecule has 0 bridgehead atoms. The van der Waals surface area contributed by atoms with E-state index in [0.29, 0.717) is 18.2 Å². The molecule has 25 heavy (non-hydrogen) atoms. The van der Waals surface area contributed by atoms with Crippen molar-refractivity contribution < 1.29 is 9.53 Å². The highest BCUT2D eigenvalue weighted by atomic mass is 32.2. The maximum Gasteiger partial charge on any atom is 0.233 e. The van der Waals surface area contributed by atoms with E-state index in [4.69, 9.17) is 4.74 Å². The van der Waals surface area contributed by atoms with E-state index in [9.17, 15) is 4.79 Å². The fourth-order valence-electron chi connectivity index (χ4n) is 2.23.